The van der Waals surface area contributed by atoms with Crippen molar-refractivity contribution in [2.75, 3.05) is 26.4 Å². The molecule has 0 aromatic heterocycles. The summed E-state index contributed by atoms with van der Waals surface area (Å²) in [6.07, 6.45) is 9.61. The van der Waals surface area contributed by atoms with Crippen molar-refractivity contribution in [3.05, 3.63) is 41.0 Å². The van der Waals surface area contributed by atoms with Crippen LogP contribution in [0.5, 0.6) is 0 Å². The van der Waals surface area contributed by atoms with E-state index in [0.29, 0.717) is 36.9 Å². The van der Waals surface area contributed by atoms with Crippen LogP contribution in [0.25, 0.3) is 0 Å². The summed E-state index contributed by atoms with van der Waals surface area (Å²) in [5.41, 5.74) is 4.24. The maximum atomic E-state index is 11.4. The van der Waals surface area contributed by atoms with Crippen LogP contribution in [0.15, 0.2) is 34.7 Å². The van der Waals surface area contributed by atoms with Gasteiger partial charge >= 0.3 is 0 Å². The lowest BCUT2D eigenvalue weighted by Gasteiger charge is -2.64. The molecule has 0 bridgehead atoms. The molecule has 5 fully saturated rings. The van der Waals surface area contributed by atoms with Gasteiger partial charge in [0.2, 0.25) is 0 Å². The molecule has 6 heteroatoms. The number of ether oxygens (including phenoxy) is 4. The molecule has 2 spiro atoms. The molecule has 8 rings (SSSR count). The van der Waals surface area contributed by atoms with E-state index in [2.05, 4.69) is 77.6 Å². The molecule has 1 aromatic rings. The summed E-state index contributed by atoms with van der Waals surface area (Å²) in [5, 5.41) is 11.4. The molecule has 0 radical (unpaired) electrons. The number of benzene rings is 1. The van der Waals surface area contributed by atoms with Gasteiger partial charge in [0, 0.05) is 38.9 Å². The second-order valence-electron chi connectivity index (χ2n) is 16.9. The average molecular weight is 595 g/mol. The minimum absolute atomic E-state index is 0.0134. The zero-order chi connectivity index (χ0) is 29.3. The lowest BCUT2D eigenvalue weighted by Crippen LogP contribution is -2.61. The van der Waals surface area contributed by atoms with Gasteiger partial charge in [0.05, 0.1) is 32.5 Å². The van der Waals surface area contributed by atoms with Crippen molar-refractivity contribution >= 4 is 11.8 Å². The highest BCUT2D eigenvalue weighted by Gasteiger charge is 2.66. The third-order valence-electron chi connectivity index (χ3n) is 12.6. The van der Waals surface area contributed by atoms with Gasteiger partial charge in [0.25, 0.3) is 0 Å². The summed E-state index contributed by atoms with van der Waals surface area (Å²) < 4.78 is 26.1. The van der Waals surface area contributed by atoms with Crippen molar-refractivity contribution in [1.29, 1.82) is 0 Å². The lowest BCUT2D eigenvalue weighted by atomic mass is 9.48. The molecule has 2 saturated heterocycles. The number of hydrogen-bond donors (Lipinski definition) is 1. The first-order valence-corrected chi connectivity index (χ1v) is 17.4. The monoisotopic (exact) mass is 594 g/mol. The van der Waals surface area contributed by atoms with Crippen molar-refractivity contribution in [3.63, 3.8) is 0 Å². The molecule has 3 saturated carbocycles. The van der Waals surface area contributed by atoms with E-state index >= 15 is 0 Å². The van der Waals surface area contributed by atoms with E-state index in [-0.39, 0.29) is 27.1 Å². The van der Waals surface area contributed by atoms with Crippen molar-refractivity contribution in [3.8, 4) is 0 Å². The van der Waals surface area contributed by atoms with Crippen molar-refractivity contribution in [2.24, 2.45) is 34.0 Å². The van der Waals surface area contributed by atoms with Crippen LogP contribution in [0.3, 0.4) is 0 Å². The molecular formula is C36H50O5S. The minimum atomic E-state index is -0.730. The van der Waals surface area contributed by atoms with Gasteiger partial charge in [-0.25, -0.2) is 0 Å². The fraction of sp³-hybridized carbons (Fsp3) is 0.778. The van der Waals surface area contributed by atoms with Crippen molar-refractivity contribution < 1.29 is 24.1 Å². The van der Waals surface area contributed by atoms with Gasteiger partial charge in [0.15, 0.2) is 11.6 Å². The third kappa shape index (κ3) is 4.07. The lowest BCUT2D eigenvalue weighted by molar-refractivity contribution is -0.306. The van der Waals surface area contributed by atoms with E-state index in [1.807, 2.05) is 0 Å². The molecule has 7 aliphatic rings. The number of hydrogen-bond acceptors (Lipinski definition) is 6. The summed E-state index contributed by atoms with van der Waals surface area (Å²) in [4.78, 5) is 1.38. The van der Waals surface area contributed by atoms with Gasteiger partial charge in [-0.15, -0.1) is 11.8 Å². The molecule has 3 heterocycles. The van der Waals surface area contributed by atoms with E-state index in [1.54, 1.807) is 5.57 Å². The second-order valence-corrected chi connectivity index (χ2v) is 18.3. The van der Waals surface area contributed by atoms with Crippen molar-refractivity contribution in [1.82, 2.24) is 0 Å². The van der Waals surface area contributed by atoms with Crippen LogP contribution in [0, 0.1) is 34.0 Å². The highest BCUT2D eigenvalue weighted by atomic mass is 32.2. The average Bonchev–Trinajstić information content (AvgIpc) is 3.26. The summed E-state index contributed by atoms with van der Waals surface area (Å²) in [7, 11) is 0. The minimum Gasteiger partial charge on any atom is -0.393 e. The number of rotatable bonds is 1. The Bertz CT molecular complexity index is 1300. The third-order valence-corrected chi connectivity index (χ3v) is 14.3. The quantitative estimate of drug-likeness (QED) is 0.339. The maximum absolute atomic E-state index is 11.4. The molecule has 5 nitrogen and oxygen atoms in total. The molecule has 1 N–H and O–H groups in total. The molecule has 4 aliphatic carbocycles. The summed E-state index contributed by atoms with van der Waals surface area (Å²) in [5.74, 6) is 1.02. The van der Waals surface area contributed by atoms with E-state index in [9.17, 15) is 5.11 Å². The number of aliphatic hydroxyl groups excluding tert-OH is 1. The zero-order valence-electron chi connectivity index (χ0n) is 26.5. The zero-order valence-corrected chi connectivity index (χ0v) is 27.3. The number of thioether (sulfide) groups is 1. The number of aliphatic hydroxyl groups is 1. The van der Waals surface area contributed by atoms with Crippen LogP contribution in [-0.2, 0) is 24.7 Å². The van der Waals surface area contributed by atoms with Crippen LogP contribution < -0.4 is 0 Å². The van der Waals surface area contributed by atoms with Gasteiger partial charge in [-0.1, -0.05) is 58.4 Å². The molecular weight excluding hydrogens is 544 g/mol. The van der Waals surface area contributed by atoms with Gasteiger partial charge < -0.3 is 24.1 Å². The van der Waals surface area contributed by atoms with Crippen LogP contribution in [0.2, 0.25) is 0 Å². The summed E-state index contributed by atoms with van der Waals surface area (Å²) in [6.45, 7) is 16.3. The molecule has 230 valence electrons. The Hall–Kier alpha value is -0.890. The Morgan fingerprint density at radius 2 is 1.55 bits per heavy atom. The van der Waals surface area contributed by atoms with Crippen molar-refractivity contribution in [2.45, 2.75) is 120 Å². The Morgan fingerprint density at radius 1 is 0.857 bits per heavy atom. The van der Waals surface area contributed by atoms with E-state index < -0.39 is 11.6 Å². The van der Waals surface area contributed by atoms with Gasteiger partial charge in [-0.3, -0.25) is 0 Å². The SMILES string of the molecule is CC1(C)COC2(CC[C@@]34Sc5cc(C6(C)OCC(C)(C)CO6)ccc5[C@H]5C[C@]6(C)[C@@H](O)CC[C@H]6[C@H](CC=C3C2)C54)OC1. The predicted molar refractivity (Wildman–Crippen MR) is 164 cm³/mol. The van der Waals surface area contributed by atoms with Crippen LogP contribution in [-0.4, -0.2) is 48.2 Å². The first kappa shape index (κ1) is 28.6. The first-order chi connectivity index (χ1) is 19.8. The molecule has 1 unspecified atom stereocenters. The standard InChI is InChI=1S/C36H50O5S/c1-31(2)18-38-34(6,39-19-31)22-7-9-24-26-17-33(5)27(11-12-29(33)37)25-10-8-23-16-35(40-20-32(3,4)21-41-35)13-14-36(23,30(25)26)42-28(24)15-22/h7-9,15,25-27,29-30,37H,10-14,16-21H2,1-6H3/t25-,26+,27-,29-,30?,33-,36+/m0/s1. The summed E-state index contributed by atoms with van der Waals surface area (Å²) in [6, 6.07) is 7.06. The molecule has 42 heavy (non-hydrogen) atoms. The molecule has 7 atom stereocenters. The van der Waals surface area contributed by atoms with E-state index in [0.717, 1.165) is 63.7 Å². The fourth-order valence-corrected chi connectivity index (χ4v) is 12.0. The van der Waals surface area contributed by atoms with E-state index in [4.69, 9.17) is 18.9 Å². The highest BCUT2D eigenvalue weighted by molar-refractivity contribution is 8.01. The second kappa shape index (κ2) is 9.10. The maximum Gasteiger partial charge on any atom is 0.191 e. The fourth-order valence-electron chi connectivity index (χ4n) is 10.1. The molecule has 0 amide bonds. The predicted octanol–water partition coefficient (Wildman–Crippen LogP) is 7.56. The Balaban J connectivity index is 1.21. The van der Waals surface area contributed by atoms with Gasteiger partial charge in [-0.2, -0.15) is 0 Å². The Labute approximate surface area is 256 Å². The molecule has 1 aromatic carbocycles. The van der Waals surface area contributed by atoms with Crippen LogP contribution in [0.4, 0.5) is 0 Å². The van der Waals surface area contributed by atoms with Crippen LogP contribution in [0.1, 0.15) is 104 Å². The van der Waals surface area contributed by atoms with Crippen LogP contribution >= 0.6 is 11.8 Å². The normalized spacial score (nSPS) is 43.9. The van der Waals surface area contributed by atoms with E-state index in [1.165, 1.54) is 10.5 Å². The van der Waals surface area contributed by atoms with Gasteiger partial charge in [0.1, 0.15) is 0 Å². The number of fused-ring (bicyclic) bond motifs is 4. The van der Waals surface area contributed by atoms with Gasteiger partial charge in [-0.05, 0) is 79.7 Å². The Morgan fingerprint density at radius 3 is 2.26 bits per heavy atom. The number of allylic oxidation sites excluding steroid dienone is 1. The topological polar surface area (TPSA) is 57.2 Å². The summed E-state index contributed by atoms with van der Waals surface area (Å²) >= 11 is 2.13. The highest BCUT2D eigenvalue weighted by Crippen LogP contribution is 2.73. The molecule has 3 aliphatic heterocycles. The Kier molecular flexibility index (Phi) is 6.19. The largest absolute Gasteiger partial charge is 0.393 e. The first-order valence-electron chi connectivity index (χ1n) is 16.5. The smallest absolute Gasteiger partial charge is 0.191 e.